The van der Waals surface area contributed by atoms with E-state index in [1.807, 2.05) is 37.3 Å². The zero-order chi connectivity index (χ0) is 11.5. The Hall–Kier alpha value is -1.68. The number of hydrogen-bond acceptors (Lipinski definition) is 4. The van der Waals surface area contributed by atoms with Crippen molar-refractivity contribution in [3.63, 3.8) is 0 Å². The summed E-state index contributed by atoms with van der Waals surface area (Å²) in [6.45, 7) is 3.46. The maximum Gasteiger partial charge on any atom is 0.173 e. The van der Waals surface area contributed by atoms with Crippen LogP contribution in [0.4, 0.5) is 11.4 Å². The fourth-order valence-electron chi connectivity index (χ4n) is 1.42. The fraction of sp³-hybridized carbons (Fsp3) is 0.167. The van der Waals surface area contributed by atoms with E-state index in [-0.39, 0.29) is 5.78 Å². The van der Waals surface area contributed by atoms with Crippen molar-refractivity contribution in [3.8, 4) is 0 Å². The van der Waals surface area contributed by atoms with Crippen LogP contribution in [-0.2, 0) is 0 Å². The third kappa shape index (κ3) is 2.12. The summed E-state index contributed by atoms with van der Waals surface area (Å²) in [6, 6.07) is 9.77. The minimum Gasteiger partial charge on any atom is -0.353 e. The van der Waals surface area contributed by atoms with Gasteiger partial charge in [-0.25, -0.2) is 0 Å². The largest absolute Gasteiger partial charge is 0.353 e. The van der Waals surface area contributed by atoms with Crippen LogP contribution in [0, 0.1) is 6.92 Å². The molecule has 16 heavy (non-hydrogen) atoms. The normalized spacial score (nSPS) is 10.1. The Morgan fingerprint density at radius 3 is 2.62 bits per heavy atom. The molecule has 4 heteroatoms. The molecule has 1 aromatic heterocycles. The van der Waals surface area contributed by atoms with E-state index in [1.165, 1.54) is 11.5 Å². The number of benzene rings is 1. The topological polar surface area (TPSA) is 42.0 Å². The molecule has 3 nitrogen and oxygen atoms in total. The van der Waals surface area contributed by atoms with Gasteiger partial charge in [-0.15, -0.1) is 0 Å². The molecule has 1 aromatic carbocycles. The number of ketones is 1. The molecule has 2 rings (SSSR count). The number of carbonyl (C=O) groups is 1. The summed E-state index contributed by atoms with van der Waals surface area (Å²) in [5, 5.41) is 3.23. The highest BCUT2D eigenvalue weighted by Crippen LogP contribution is 2.27. The Labute approximate surface area is 98.3 Å². The van der Waals surface area contributed by atoms with Crippen LogP contribution in [0.1, 0.15) is 22.3 Å². The molecular weight excluding hydrogens is 220 g/mol. The van der Waals surface area contributed by atoms with Crippen LogP contribution in [-0.4, -0.2) is 10.2 Å². The molecule has 0 bridgehead atoms. The number of nitrogens with one attached hydrogen (secondary N) is 1. The van der Waals surface area contributed by atoms with Crippen LogP contribution in [0.15, 0.2) is 30.3 Å². The molecule has 0 spiro atoms. The average Bonchev–Trinajstić information content (AvgIpc) is 2.62. The van der Waals surface area contributed by atoms with Gasteiger partial charge < -0.3 is 5.32 Å². The standard InChI is InChI=1S/C12H12N2OS/c1-8-11(12(9(2)15)16-14-8)13-10-6-4-3-5-7-10/h3-7,13H,1-2H3. The second-order valence-electron chi connectivity index (χ2n) is 3.52. The highest BCUT2D eigenvalue weighted by Gasteiger charge is 2.14. The van der Waals surface area contributed by atoms with Crippen LogP contribution in [0.3, 0.4) is 0 Å². The SMILES string of the molecule is CC(=O)c1snc(C)c1Nc1ccccc1. The van der Waals surface area contributed by atoms with E-state index in [0.29, 0.717) is 4.88 Å². The molecule has 0 aliphatic rings. The number of para-hydroxylation sites is 1. The van der Waals surface area contributed by atoms with Crippen LogP contribution in [0.25, 0.3) is 0 Å². The summed E-state index contributed by atoms with van der Waals surface area (Å²) < 4.78 is 4.19. The monoisotopic (exact) mass is 232 g/mol. The Kier molecular flexibility index (Phi) is 3.01. The summed E-state index contributed by atoms with van der Waals surface area (Å²) in [5.41, 5.74) is 2.65. The van der Waals surface area contributed by atoms with Crippen molar-refractivity contribution in [3.05, 3.63) is 40.9 Å². The molecule has 0 saturated carbocycles. The summed E-state index contributed by atoms with van der Waals surface area (Å²) in [7, 11) is 0. The third-order valence-electron chi connectivity index (χ3n) is 2.23. The molecule has 0 atom stereocenters. The van der Waals surface area contributed by atoms with Crippen molar-refractivity contribution in [2.24, 2.45) is 0 Å². The molecule has 0 aliphatic heterocycles. The van der Waals surface area contributed by atoms with Gasteiger partial charge >= 0.3 is 0 Å². The Morgan fingerprint density at radius 2 is 2.00 bits per heavy atom. The second-order valence-corrected chi connectivity index (χ2v) is 4.29. The van der Waals surface area contributed by atoms with E-state index in [9.17, 15) is 4.79 Å². The first-order valence-electron chi connectivity index (χ1n) is 4.98. The smallest absolute Gasteiger partial charge is 0.173 e. The van der Waals surface area contributed by atoms with Crippen molar-refractivity contribution in [2.75, 3.05) is 5.32 Å². The van der Waals surface area contributed by atoms with Crippen LogP contribution in [0.5, 0.6) is 0 Å². The average molecular weight is 232 g/mol. The lowest BCUT2D eigenvalue weighted by molar-refractivity contribution is 0.102. The van der Waals surface area contributed by atoms with Gasteiger partial charge in [0.25, 0.3) is 0 Å². The number of Topliss-reactive ketones (excluding diaryl/α,β-unsaturated/α-hetero) is 1. The molecular formula is C12H12N2OS. The molecule has 0 radical (unpaired) electrons. The Balaban J connectivity index is 2.34. The number of hydrogen-bond donors (Lipinski definition) is 1. The Bertz CT molecular complexity index is 505. The number of aromatic nitrogens is 1. The lowest BCUT2D eigenvalue weighted by Crippen LogP contribution is -1.97. The van der Waals surface area contributed by atoms with Gasteiger partial charge in [-0.05, 0) is 30.6 Å². The molecule has 0 saturated heterocycles. The maximum absolute atomic E-state index is 11.4. The van der Waals surface area contributed by atoms with Gasteiger partial charge in [0.05, 0.1) is 11.4 Å². The molecule has 82 valence electrons. The number of aryl methyl sites for hydroxylation is 1. The molecule has 2 aromatic rings. The predicted octanol–water partition coefficient (Wildman–Crippen LogP) is 3.40. The summed E-state index contributed by atoms with van der Waals surface area (Å²) in [6.07, 6.45) is 0. The van der Waals surface area contributed by atoms with Gasteiger partial charge in [0, 0.05) is 12.6 Å². The Morgan fingerprint density at radius 1 is 1.31 bits per heavy atom. The minimum atomic E-state index is 0.0454. The molecule has 1 N–H and O–H groups in total. The van der Waals surface area contributed by atoms with Gasteiger partial charge in [-0.2, -0.15) is 4.37 Å². The van der Waals surface area contributed by atoms with Gasteiger partial charge in [0.15, 0.2) is 5.78 Å². The number of nitrogens with zero attached hydrogens (tertiary/aromatic N) is 1. The van der Waals surface area contributed by atoms with E-state index in [4.69, 9.17) is 0 Å². The number of carbonyl (C=O) groups excluding carboxylic acids is 1. The van der Waals surface area contributed by atoms with Crippen molar-refractivity contribution in [2.45, 2.75) is 13.8 Å². The highest BCUT2D eigenvalue weighted by molar-refractivity contribution is 7.08. The minimum absolute atomic E-state index is 0.0454. The van der Waals surface area contributed by atoms with Crippen LogP contribution < -0.4 is 5.32 Å². The first kappa shape index (κ1) is 10.8. The molecule has 1 heterocycles. The lowest BCUT2D eigenvalue weighted by atomic mass is 10.2. The fourth-order valence-corrected chi connectivity index (χ4v) is 2.16. The van der Waals surface area contributed by atoms with Gasteiger partial charge in [0.1, 0.15) is 4.88 Å². The zero-order valence-electron chi connectivity index (χ0n) is 9.15. The van der Waals surface area contributed by atoms with Crippen molar-refractivity contribution < 1.29 is 4.79 Å². The van der Waals surface area contributed by atoms with Crippen molar-refractivity contribution in [1.29, 1.82) is 0 Å². The zero-order valence-corrected chi connectivity index (χ0v) is 9.97. The van der Waals surface area contributed by atoms with E-state index >= 15 is 0 Å². The van der Waals surface area contributed by atoms with E-state index in [2.05, 4.69) is 9.69 Å². The quantitative estimate of drug-likeness (QED) is 0.825. The predicted molar refractivity (Wildman–Crippen MR) is 66.6 cm³/mol. The van der Waals surface area contributed by atoms with Crippen molar-refractivity contribution >= 4 is 28.7 Å². The third-order valence-corrected chi connectivity index (χ3v) is 3.26. The second kappa shape index (κ2) is 4.45. The van der Waals surface area contributed by atoms with E-state index < -0.39 is 0 Å². The van der Waals surface area contributed by atoms with Gasteiger partial charge in [-0.3, -0.25) is 4.79 Å². The van der Waals surface area contributed by atoms with E-state index in [0.717, 1.165) is 17.1 Å². The highest BCUT2D eigenvalue weighted by atomic mass is 32.1. The lowest BCUT2D eigenvalue weighted by Gasteiger charge is -2.06. The summed E-state index contributed by atoms with van der Waals surface area (Å²) in [5.74, 6) is 0.0454. The van der Waals surface area contributed by atoms with Crippen LogP contribution in [0.2, 0.25) is 0 Å². The molecule has 0 fully saturated rings. The number of rotatable bonds is 3. The molecule has 0 amide bonds. The van der Waals surface area contributed by atoms with Gasteiger partial charge in [-0.1, -0.05) is 18.2 Å². The summed E-state index contributed by atoms with van der Waals surface area (Å²) >= 11 is 1.24. The molecule has 0 aliphatic carbocycles. The van der Waals surface area contributed by atoms with Crippen LogP contribution >= 0.6 is 11.5 Å². The van der Waals surface area contributed by atoms with E-state index in [1.54, 1.807) is 6.92 Å². The maximum atomic E-state index is 11.4. The first-order valence-corrected chi connectivity index (χ1v) is 5.75. The number of anilines is 2. The van der Waals surface area contributed by atoms with Crippen molar-refractivity contribution in [1.82, 2.24) is 4.37 Å². The molecule has 0 unspecified atom stereocenters. The first-order chi connectivity index (χ1) is 7.68. The summed E-state index contributed by atoms with van der Waals surface area (Å²) in [4.78, 5) is 12.1. The van der Waals surface area contributed by atoms with Gasteiger partial charge in [0.2, 0.25) is 0 Å².